The Morgan fingerprint density at radius 3 is 2.53 bits per heavy atom. The van der Waals surface area contributed by atoms with E-state index in [-0.39, 0.29) is 0 Å². The first-order chi connectivity index (χ1) is 7.33. The molecule has 0 spiro atoms. The van der Waals surface area contributed by atoms with Gasteiger partial charge in [-0.3, -0.25) is 0 Å². The Hall–Kier alpha value is -1.19. The molecule has 2 aromatic rings. The summed E-state index contributed by atoms with van der Waals surface area (Å²) in [6, 6.07) is 8.28. The van der Waals surface area contributed by atoms with Crippen molar-refractivity contribution in [2.24, 2.45) is 5.73 Å². The maximum absolute atomic E-state index is 5.55. The number of rotatable bonds is 3. The molecule has 0 aliphatic rings. The molecule has 2 N–H and O–H groups in total. The summed E-state index contributed by atoms with van der Waals surface area (Å²) in [6.45, 7) is 2.74. The van der Waals surface area contributed by atoms with Crippen LogP contribution in [0.4, 0.5) is 0 Å². The average molecular weight is 218 g/mol. The number of thiazole rings is 1. The van der Waals surface area contributed by atoms with Crippen molar-refractivity contribution in [3.05, 3.63) is 40.9 Å². The lowest BCUT2D eigenvalue weighted by atomic mass is 10.1. The predicted molar refractivity (Wildman–Crippen MR) is 64.8 cm³/mol. The van der Waals surface area contributed by atoms with Crippen LogP contribution in [-0.2, 0) is 13.0 Å². The van der Waals surface area contributed by atoms with Gasteiger partial charge in [0.05, 0.1) is 0 Å². The van der Waals surface area contributed by atoms with Gasteiger partial charge in [0.2, 0.25) is 0 Å². The van der Waals surface area contributed by atoms with E-state index in [0.717, 1.165) is 17.0 Å². The number of nitrogens with zero attached hydrogens (tertiary/aromatic N) is 1. The second kappa shape index (κ2) is 4.55. The molecule has 0 saturated heterocycles. The molecule has 0 fully saturated rings. The molecule has 0 unspecified atom stereocenters. The van der Waals surface area contributed by atoms with Crippen molar-refractivity contribution in [1.29, 1.82) is 0 Å². The molecule has 0 bridgehead atoms. The van der Waals surface area contributed by atoms with Gasteiger partial charge in [0.25, 0.3) is 0 Å². The number of nitrogens with two attached hydrogens (primary N) is 1. The Balaban J connectivity index is 2.28. The number of benzene rings is 1. The van der Waals surface area contributed by atoms with E-state index in [1.165, 1.54) is 10.4 Å². The number of hydrogen-bond acceptors (Lipinski definition) is 3. The summed E-state index contributed by atoms with van der Waals surface area (Å²) in [6.07, 6.45) is 3.01. The lowest BCUT2D eigenvalue weighted by molar-refractivity contribution is 1.07. The fourth-order valence-corrected chi connectivity index (χ4v) is 2.25. The van der Waals surface area contributed by atoms with Crippen molar-refractivity contribution in [1.82, 2.24) is 4.98 Å². The van der Waals surface area contributed by atoms with E-state index in [2.05, 4.69) is 36.2 Å². The van der Waals surface area contributed by atoms with Gasteiger partial charge in [-0.25, -0.2) is 4.98 Å². The fourth-order valence-electron chi connectivity index (χ4n) is 1.39. The van der Waals surface area contributed by atoms with Gasteiger partial charge >= 0.3 is 0 Å². The van der Waals surface area contributed by atoms with Crippen LogP contribution >= 0.6 is 11.3 Å². The van der Waals surface area contributed by atoms with E-state index in [1.807, 2.05) is 6.20 Å². The van der Waals surface area contributed by atoms with E-state index >= 15 is 0 Å². The van der Waals surface area contributed by atoms with Crippen LogP contribution in [0.15, 0.2) is 30.5 Å². The van der Waals surface area contributed by atoms with Crippen LogP contribution in [-0.4, -0.2) is 4.98 Å². The lowest BCUT2D eigenvalue weighted by Crippen LogP contribution is -1.94. The van der Waals surface area contributed by atoms with E-state index in [9.17, 15) is 0 Å². The molecule has 1 aromatic heterocycles. The van der Waals surface area contributed by atoms with Crippen LogP contribution in [0.5, 0.6) is 0 Å². The topological polar surface area (TPSA) is 38.9 Å². The van der Waals surface area contributed by atoms with Gasteiger partial charge in [-0.15, -0.1) is 11.3 Å². The lowest BCUT2D eigenvalue weighted by Gasteiger charge is -1.98. The second-order valence-corrected chi connectivity index (χ2v) is 4.50. The third-order valence-electron chi connectivity index (χ3n) is 2.34. The maximum atomic E-state index is 5.55. The molecule has 78 valence electrons. The molecule has 1 aromatic carbocycles. The van der Waals surface area contributed by atoms with E-state index in [4.69, 9.17) is 5.73 Å². The quantitative estimate of drug-likeness (QED) is 0.860. The molecule has 0 aliphatic heterocycles. The first-order valence-corrected chi connectivity index (χ1v) is 5.89. The molecule has 3 heteroatoms. The van der Waals surface area contributed by atoms with Crippen LogP contribution < -0.4 is 5.73 Å². The zero-order valence-corrected chi connectivity index (χ0v) is 9.55. The molecular formula is C12H14N2S. The Morgan fingerprint density at radius 2 is 2.00 bits per heavy atom. The first-order valence-electron chi connectivity index (χ1n) is 5.07. The number of aryl methyl sites for hydroxylation is 1. The van der Waals surface area contributed by atoms with Gasteiger partial charge in [-0.1, -0.05) is 31.2 Å². The van der Waals surface area contributed by atoms with E-state index < -0.39 is 0 Å². The molecule has 0 radical (unpaired) electrons. The van der Waals surface area contributed by atoms with Crippen molar-refractivity contribution in [3.63, 3.8) is 0 Å². The van der Waals surface area contributed by atoms with Crippen LogP contribution in [0.3, 0.4) is 0 Å². The van der Waals surface area contributed by atoms with Gasteiger partial charge in [-0.2, -0.15) is 0 Å². The monoisotopic (exact) mass is 218 g/mol. The molecule has 0 amide bonds. The summed E-state index contributed by atoms with van der Waals surface area (Å²) >= 11 is 1.76. The van der Waals surface area contributed by atoms with Gasteiger partial charge in [0, 0.05) is 23.2 Å². The molecule has 0 aliphatic carbocycles. The highest BCUT2D eigenvalue weighted by Gasteiger charge is 2.02. The number of aromatic nitrogens is 1. The largest absolute Gasteiger partial charge is 0.326 e. The first kappa shape index (κ1) is 10.3. The summed E-state index contributed by atoms with van der Waals surface area (Å²) in [5, 5.41) is 1.09. The van der Waals surface area contributed by atoms with Crippen LogP contribution in [0.1, 0.15) is 17.4 Å². The maximum Gasteiger partial charge on any atom is 0.123 e. The Bertz CT molecular complexity index is 431. The molecule has 2 rings (SSSR count). The van der Waals surface area contributed by atoms with Crippen molar-refractivity contribution in [2.75, 3.05) is 0 Å². The molecule has 1 heterocycles. The zero-order valence-electron chi connectivity index (χ0n) is 8.73. The normalized spacial score (nSPS) is 10.5. The summed E-state index contributed by atoms with van der Waals surface area (Å²) in [4.78, 5) is 5.73. The van der Waals surface area contributed by atoms with Crippen molar-refractivity contribution < 1.29 is 0 Å². The highest BCUT2D eigenvalue weighted by Crippen LogP contribution is 2.25. The van der Waals surface area contributed by atoms with Crippen molar-refractivity contribution >= 4 is 11.3 Å². The smallest absolute Gasteiger partial charge is 0.123 e. The average Bonchev–Trinajstić information content (AvgIpc) is 2.78. The summed E-state index contributed by atoms with van der Waals surface area (Å²) in [7, 11) is 0. The van der Waals surface area contributed by atoms with E-state index in [1.54, 1.807) is 11.3 Å². The number of hydrogen-bond donors (Lipinski definition) is 1. The van der Waals surface area contributed by atoms with Gasteiger partial charge in [0.15, 0.2) is 0 Å². The summed E-state index contributed by atoms with van der Waals surface area (Å²) in [5.74, 6) is 0. The molecule has 2 nitrogen and oxygen atoms in total. The minimum atomic E-state index is 0.596. The molecule has 15 heavy (non-hydrogen) atoms. The Morgan fingerprint density at radius 1 is 1.27 bits per heavy atom. The van der Waals surface area contributed by atoms with Gasteiger partial charge in [-0.05, 0) is 12.0 Å². The third kappa shape index (κ3) is 2.25. The fraction of sp³-hybridized carbons (Fsp3) is 0.250. The summed E-state index contributed by atoms with van der Waals surface area (Å²) < 4.78 is 0. The molecule has 0 atom stereocenters. The van der Waals surface area contributed by atoms with Crippen LogP contribution in [0.25, 0.3) is 10.6 Å². The molecular weight excluding hydrogens is 204 g/mol. The van der Waals surface area contributed by atoms with Gasteiger partial charge < -0.3 is 5.73 Å². The third-order valence-corrected chi connectivity index (χ3v) is 3.53. The van der Waals surface area contributed by atoms with Crippen LogP contribution in [0.2, 0.25) is 0 Å². The standard InChI is InChI=1S/C12H14N2S/c1-2-11-8-14-12(15-11)10-5-3-9(7-13)4-6-10/h3-6,8H,2,7,13H2,1H3. The minimum Gasteiger partial charge on any atom is -0.326 e. The summed E-state index contributed by atoms with van der Waals surface area (Å²) in [5.41, 5.74) is 7.89. The van der Waals surface area contributed by atoms with Crippen LogP contribution in [0, 0.1) is 0 Å². The van der Waals surface area contributed by atoms with Crippen molar-refractivity contribution in [2.45, 2.75) is 19.9 Å². The van der Waals surface area contributed by atoms with Gasteiger partial charge in [0.1, 0.15) is 5.01 Å². The minimum absolute atomic E-state index is 0.596. The second-order valence-electron chi connectivity index (χ2n) is 3.39. The highest BCUT2D eigenvalue weighted by molar-refractivity contribution is 7.15. The highest BCUT2D eigenvalue weighted by atomic mass is 32.1. The van der Waals surface area contributed by atoms with Crippen molar-refractivity contribution in [3.8, 4) is 10.6 Å². The Kier molecular flexibility index (Phi) is 3.14. The Labute approximate surface area is 93.8 Å². The predicted octanol–water partition coefficient (Wildman–Crippen LogP) is 2.83. The molecule has 0 saturated carbocycles. The zero-order chi connectivity index (χ0) is 10.7. The van der Waals surface area contributed by atoms with E-state index in [0.29, 0.717) is 6.54 Å². The SMILES string of the molecule is CCc1cnc(-c2ccc(CN)cc2)s1.